The van der Waals surface area contributed by atoms with Crippen LogP contribution in [0.1, 0.15) is 121 Å². The van der Waals surface area contributed by atoms with Crippen LogP contribution in [0.25, 0.3) is 10.4 Å². The van der Waals surface area contributed by atoms with Crippen molar-refractivity contribution in [2.24, 2.45) is 16.2 Å². The van der Waals surface area contributed by atoms with Crippen molar-refractivity contribution in [1.29, 1.82) is 5.26 Å². The number of hydrogen-bond donors (Lipinski definition) is 4. The summed E-state index contributed by atoms with van der Waals surface area (Å²) in [5, 5.41) is 29.8. The topological polar surface area (TPSA) is 180 Å². The molecule has 4 N–H and O–H groups in total. The van der Waals surface area contributed by atoms with E-state index in [0.29, 0.717) is 28.4 Å². The lowest BCUT2D eigenvalue weighted by molar-refractivity contribution is -0.164. The van der Waals surface area contributed by atoms with Crippen molar-refractivity contribution < 1.29 is 29.0 Å². The summed E-state index contributed by atoms with van der Waals surface area (Å²) < 4.78 is 6.39. The highest BCUT2D eigenvalue weighted by Gasteiger charge is 2.64. The second-order valence-electron chi connectivity index (χ2n) is 22.6. The van der Waals surface area contributed by atoms with E-state index in [4.69, 9.17) is 16.3 Å². The van der Waals surface area contributed by atoms with Crippen LogP contribution in [0.15, 0.2) is 72.2 Å². The van der Waals surface area contributed by atoms with Gasteiger partial charge in [-0.25, -0.2) is 4.98 Å². The summed E-state index contributed by atoms with van der Waals surface area (Å²) in [5.41, 5.74) is 5.49. The van der Waals surface area contributed by atoms with E-state index in [1.54, 1.807) is 29.5 Å². The Hall–Kier alpha value is -5.37. The Morgan fingerprint density at radius 3 is 2.21 bits per heavy atom. The van der Waals surface area contributed by atoms with Crippen molar-refractivity contribution in [3.05, 3.63) is 105 Å². The third kappa shape index (κ3) is 12.0. The second-order valence-corrected chi connectivity index (χ2v) is 23.9. The number of aliphatic hydroxyl groups is 1. The number of benzene rings is 3. The van der Waals surface area contributed by atoms with E-state index in [1.807, 2.05) is 88.7 Å². The van der Waals surface area contributed by atoms with Crippen LogP contribution in [-0.4, -0.2) is 124 Å². The zero-order valence-electron chi connectivity index (χ0n) is 43.7. The highest BCUT2D eigenvalue weighted by Crippen LogP contribution is 2.55. The minimum Gasteiger partial charge on any atom is -0.489 e. The SMILES string of the molecule is Cc1ncsc1-c1ccc([C@H](C)NC(=O)C2C[C@@H](O)CN2C(=O)[C@@H](NC(=O)CN2C[C@@H](C)N(CCCc3ccc(C(=O)N[C@H]4C(C)(C)[C@H](Oc5ccc(C#N)c(Cl)c5)C4(C)C)cc3)C[C@@H]2C)C(C)(C)C)cc1. The number of ether oxygens (including phenoxy) is 1. The molecule has 3 fully saturated rings. The third-order valence-corrected chi connectivity index (χ3v) is 16.5. The van der Waals surface area contributed by atoms with E-state index in [9.17, 15) is 29.5 Å². The number of nitrogens with zero attached hydrogens (tertiary/aromatic N) is 5. The highest BCUT2D eigenvalue weighted by molar-refractivity contribution is 7.13. The molecule has 72 heavy (non-hydrogen) atoms. The quantitative estimate of drug-likeness (QED) is 0.0861. The lowest BCUT2D eigenvalue weighted by Gasteiger charge is -2.63. The number of likely N-dealkylation sites (tertiary alicyclic amines) is 1. The van der Waals surface area contributed by atoms with Gasteiger partial charge in [0, 0.05) is 66.6 Å². The fraction of sp³-hybridized carbons (Fsp3) is 0.536. The zero-order valence-corrected chi connectivity index (χ0v) is 45.3. The standard InChI is InChI=1S/C56H73ClN8O6S/c1-33-29-64(31-46(67)61-48(54(5,6)7)51(70)65-30-42(66)25-45(65)50(69)60-35(3)38-18-20-39(21-19-38)47-36(4)59-32-72-47)34(2)28-63(33)24-12-13-37-14-16-40(17-15-37)49(68)62-52-55(8,9)53(56(52,10)11)71-43-23-22-41(27-58)44(57)26-43/h14-23,26,32-35,42,45,48,52-53,66H,12-13,24-25,28-31H2,1-11H3,(H,60,69)(H,61,67)(H,62,68)/t33-,34+,35+,42-,45?,48-,52-,53-/m1/s1. The fourth-order valence-electron chi connectivity index (χ4n) is 11.3. The Kier molecular flexibility index (Phi) is 16.6. The molecule has 0 spiro atoms. The van der Waals surface area contributed by atoms with E-state index < -0.39 is 23.6 Å². The largest absolute Gasteiger partial charge is 0.489 e. The van der Waals surface area contributed by atoms with Crippen molar-refractivity contribution in [1.82, 2.24) is 35.6 Å². The molecule has 1 saturated carbocycles. The number of aryl methyl sites for hydroxylation is 2. The van der Waals surface area contributed by atoms with Gasteiger partial charge in [-0.2, -0.15) is 5.26 Å². The van der Waals surface area contributed by atoms with Crippen LogP contribution in [-0.2, 0) is 20.8 Å². The number of piperazine rings is 1. The first-order chi connectivity index (χ1) is 33.9. The summed E-state index contributed by atoms with van der Waals surface area (Å²) in [6.45, 7) is 24.7. The lowest BCUT2D eigenvalue weighted by atomic mass is 9.49. The Bertz CT molecular complexity index is 2630. The molecule has 4 amide bonds. The van der Waals surface area contributed by atoms with Gasteiger partial charge in [0.1, 0.15) is 30.0 Å². The maximum atomic E-state index is 14.4. The van der Waals surface area contributed by atoms with Crippen LogP contribution in [0, 0.1) is 34.5 Å². The number of thiazole rings is 1. The number of nitriles is 1. The number of amides is 4. The third-order valence-electron chi connectivity index (χ3n) is 15.2. The van der Waals surface area contributed by atoms with E-state index in [0.717, 1.165) is 53.2 Å². The number of nitrogens with one attached hydrogen (secondary N) is 3. The summed E-state index contributed by atoms with van der Waals surface area (Å²) in [7, 11) is 0. The maximum absolute atomic E-state index is 14.4. The van der Waals surface area contributed by atoms with Crippen molar-refractivity contribution in [2.45, 2.75) is 144 Å². The molecular formula is C56H73ClN8O6S. The van der Waals surface area contributed by atoms with Crippen LogP contribution in [0.4, 0.5) is 0 Å². The number of β-amino-alcohol motifs (C(OH)–C–C–N with tert-alkyl or cyclic N) is 1. The molecule has 6 atom stereocenters. The molecule has 0 radical (unpaired) electrons. The molecule has 1 unspecified atom stereocenters. The second kappa shape index (κ2) is 22.0. The Balaban J connectivity index is 0.864. The van der Waals surface area contributed by atoms with Gasteiger partial charge in [0.2, 0.25) is 17.7 Å². The number of carbonyl (C=O) groups is 4. The van der Waals surface area contributed by atoms with Crippen molar-refractivity contribution in [3.63, 3.8) is 0 Å². The van der Waals surface area contributed by atoms with E-state index in [2.05, 4.69) is 78.3 Å². The molecule has 3 aromatic carbocycles. The zero-order chi connectivity index (χ0) is 52.4. The smallest absolute Gasteiger partial charge is 0.251 e. The average Bonchev–Trinajstić information content (AvgIpc) is 3.95. The van der Waals surface area contributed by atoms with Crippen LogP contribution in [0.5, 0.6) is 5.75 Å². The molecular weight excluding hydrogens is 948 g/mol. The maximum Gasteiger partial charge on any atom is 0.251 e. The molecule has 7 rings (SSSR count). The molecule has 386 valence electrons. The van der Waals surface area contributed by atoms with Gasteiger partial charge in [0.25, 0.3) is 5.91 Å². The Labute approximate surface area is 434 Å². The summed E-state index contributed by atoms with van der Waals surface area (Å²) in [5.74, 6) is -0.535. The summed E-state index contributed by atoms with van der Waals surface area (Å²) >= 11 is 7.85. The van der Waals surface area contributed by atoms with Gasteiger partial charge in [-0.1, -0.05) is 96.5 Å². The number of aliphatic hydroxyl groups excluding tert-OH is 1. The minimum absolute atomic E-state index is 0.00551. The van der Waals surface area contributed by atoms with E-state index in [-0.39, 0.29) is 84.2 Å². The Morgan fingerprint density at radius 2 is 1.60 bits per heavy atom. The van der Waals surface area contributed by atoms with Gasteiger partial charge in [-0.3, -0.25) is 29.0 Å². The van der Waals surface area contributed by atoms with Gasteiger partial charge in [-0.05, 0) is 93.5 Å². The lowest BCUT2D eigenvalue weighted by Crippen LogP contribution is -2.74. The normalized spacial score (nSPS) is 23.8. The summed E-state index contributed by atoms with van der Waals surface area (Å²) in [6, 6.07) is 21.0. The molecule has 3 aliphatic rings. The molecule has 2 saturated heterocycles. The predicted molar refractivity (Wildman–Crippen MR) is 283 cm³/mol. The molecule has 16 heteroatoms. The van der Waals surface area contributed by atoms with Crippen molar-refractivity contribution >= 4 is 46.6 Å². The number of aromatic nitrogens is 1. The first-order valence-corrected chi connectivity index (χ1v) is 26.5. The molecule has 0 bridgehead atoms. The van der Waals surface area contributed by atoms with Crippen LogP contribution < -0.4 is 20.7 Å². The molecule has 1 aliphatic carbocycles. The average molecular weight is 1020 g/mol. The number of rotatable bonds is 16. The molecule has 14 nitrogen and oxygen atoms in total. The van der Waals surface area contributed by atoms with Gasteiger partial charge >= 0.3 is 0 Å². The highest BCUT2D eigenvalue weighted by atomic mass is 35.5. The van der Waals surface area contributed by atoms with Crippen LogP contribution in [0.3, 0.4) is 0 Å². The van der Waals surface area contributed by atoms with E-state index in [1.165, 1.54) is 4.90 Å². The molecule has 4 aromatic rings. The summed E-state index contributed by atoms with van der Waals surface area (Å²) in [6.07, 6.45) is 0.833. The number of halogens is 1. The fourth-order valence-corrected chi connectivity index (χ4v) is 12.4. The van der Waals surface area contributed by atoms with Crippen molar-refractivity contribution in [3.8, 4) is 22.3 Å². The predicted octanol–water partition coefficient (Wildman–Crippen LogP) is 7.95. The van der Waals surface area contributed by atoms with Crippen molar-refractivity contribution in [2.75, 3.05) is 32.7 Å². The first kappa shape index (κ1) is 54.4. The van der Waals surface area contributed by atoms with Gasteiger partial charge in [0.15, 0.2) is 0 Å². The van der Waals surface area contributed by atoms with Gasteiger partial charge in [-0.15, -0.1) is 11.3 Å². The van der Waals surface area contributed by atoms with Crippen LogP contribution in [0.2, 0.25) is 5.02 Å². The first-order valence-electron chi connectivity index (χ1n) is 25.2. The minimum atomic E-state index is -0.916. The van der Waals surface area contributed by atoms with Gasteiger partial charge < -0.3 is 30.7 Å². The summed E-state index contributed by atoms with van der Waals surface area (Å²) in [4.78, 5) is 67.1. The number of hydrogen-bond acceptors (Lipinski definition) is 11. The molecule has 2 aliphatic heterocycles. The molecule has 3 heterocycles. The van der Waals surface area contributed by atoms with Gasteiger partial charge in [0.05, 0.1) is 45.4 Å². The number of carbonyl (C=O) groups excluding carboxylic acids is 4. The van der Waals surface area contributed by atoms with E-state index >= 15 is 0 Å². The Morgan fingerprint density at radius 1 is 0.944 bits per heavy atom. The monoisotopic (exact) mass is 1020 g/mol. The van der Waals surface area contributed by atoms with Crippen LogP contribution >= 0.6 is 22.9 Å². The molecule has 1 aromatic heterocycles.